The molecule has 0 amide bonds. The molecule has 0 aliphatic carbocycles. The van der Waals surface area contributed by atoms with E-state index in [1.54, 1.807) is 10.9 Å². The van der Waals surface area contributed by atoms with Gasteiger partial charge in [-0.1, -0.05) is 18.2 Å². The summed E-state index contributed by atoms with van der Waals surface area (Å²) in [5.74, 6) is 0. The van der Waals surface area contributed by atoms with E-state index in [0.717, 1.165) is 10.9 Å². The topological polar surface area (TPSA) is 38.0 Å². The van der Waals surface area contributed by atoms with Gasteiger partial charge in [-0.3, -0.25) is 0 Å². The zero-order chi connectivity index (χ0) is 7.68. The zero-order valence-electron chi connectivity index (χ0n) is 5.94. The fraction of sp³-hybridized carbons (Fsp3) is 0.125. The average Bonchev–Trinajstić information content (AvgIpc) is 2.47. The molecule has 1 aromatic carbocycles. The van der Waals surface area contributed by atoms with Gasteiger partial charge < -0.3 is 5.11 Å². The van der Waals surface area contributed by atoms with Gasteiger partial charge in [0.2, 0.25) is 0 Å². The fourth-order valence-corrected chi connectivity index (χ4v) is 1.14. The predicted molar refractivity (Wildman–Crippen MR) is 42.0 cm³/mol. The highest BCUT2D eigenvalue weighted by molar-refractivity contribution is 5.78. The average molecular weight is 148 g/mol. The van der Waals surface area contributed by atoms with Crippen LogP contribution in [0.3, 0.4) is 0 Å². The summed E-state index contributed by atoms with van der Waals surface area (Å²) in [7, 11) is 0. The molecule has 1 N–H and O–H groups in total. The molecule has 0 unspecified atom stereocenters. The molecule has 0 bridgehead atoms. The summed E-state index contributed by atoms with van der Waals surface area (Å²) in [5, 5.41) is 13.9. The summed E-state index contributed by atoms with van der Waals surface area (Å²) in [4.78, 5) is 0. The van der Waals surface area contributed by atoms with E-state index in [1.807, 2.05) is 24.3 Å². The van der Waals surface area contributed by atoms with E-state index < -0.39 is 0 Å². The molecule has 0 atom stereocenters. The Bertz CT molecular complexity index is 367. The highest BCUT2D eigenvalue weighted by Gasteiger charge is 1.97. The Balaban J connectivity index is 2.76. The molecule has 0 fully saturated rings. The van der Waals surface area contributed by atoms with Crippen LogP contribution >= 0.6 is 0 Å². The van der Waals surface area contributed by atoms with Gasteiger partial charge >= 0.3 is 0 Å². The Kier molecular flexibility index (Phi) is 1.36. The predicted octanol–water partition coefficient (Wildman–Crippen LogP) is 0.986. The van der Waals surface area contributed by atoms with Gasteiger partial charge in [-0.25, -0.2) is 4.68 Å². The first-order chi connectivity index (χ1) is 5.42. The normalized spacial score (nSPS) is 10.6. The lowest BCUT2D eigenvalue weighted by molar-refractivity contribution is 0.200. The standard InChI is InChI=1S/C8H8N2O/c11-6-10-8-4-2-1-3-7(8)5-9-10/h1-5,11H,6H2. The molecule has 0 saturated carbocycles. The van der Waals surface area contributed by atoms with Gasteiger partial charge in [0.05, 0.1) is 11.7 Å². The zero-order valence-corrected chi connectivity index (χ0v) is 5.94. The number of aromatic nitrogens is 2. The Morgan fingerprint density at radius 1 is 1.36 bits per heavy atom. The summed E-state index contributed by atoms with van der Waals surface area (Å²) >= 11 is 0. The minimum Gasteiger partial charge on any atom is -0.374 e. The summed E-state index contributed by atoms with van der Waals surface area (Å²) in [6.07, 6.45) is 1.74. The number of nitrogens with zero attached hydrogens (tertiary/aromatic N) is 2. The maximum atomic E-state index is 8.82. The van der Waals surface area contributed by atoms with E-state index in [1.165, 1.54) is 0 Å². The van der Waals surface area contributed by atoms with Gasteiger partial charge in [-0.15, -0.1) is 0 Å². The Labute approximate surface area is 63.9 Å². The van der Waals surface area contributed by atoms with Crippen molar-refractivity contribution < 1.29 is 5.11 Å². The number of hydrogen-bond acceptors (Lipinski definition) is 2. The summed E-state index contributed by atoms with van der Waals surface area (Å²) in [6, 6.07) is 7.77. The van der Waals surface area contributed by atoms with E-state index in [-0.39, 0.29) is 6.73 Å². The molecule has 56 valence electrons. The fourth-order valence-electron chi connectivity index (χ4n) is 1.14. The van der Waals surface area contributed by atoms with Crippen molar-refractivity contribution in [3.05, 3.63) is 30.5 Å². The third-order valence-corrected chi connectivity index (χ3v) is 1.68. The van der Waals surface area contributed by atoms with Crippen LogP contribution in [0, 0.1) is 0 Å². The van der Waals surface area contributed by atoms with E-state index in [0.29, 0.717) is 0 Å². The van der Waals surface area contributed by atoms with Crippen molar-refractivity contribution in [3.63, 3.8) is 0 Å². The molecule has 0 saturated heterocycles. The van der Waals surface area contributed by atoms with Crippen LogP contribution in [0.4, 0.5) is 0 Å². The van der Waals surface area contributed by atoms with Crippen LogP contribution in [0.5, 0.6) is 0 Å². The smallest absolute Gasteiger partial charge is 0.136 e. The lowest BCUT2D eigenvalue weighted by Gasteiger charge is -1.94. The molecule has 0 spiro atoms. The van der Waals surface area contributed by atoms with Crippen molar-refractivity contribution >= 4 is 10.9 Å². The Hall–Kier alpha value is -1.35. The van der Waals surface area contributed by atoms with Crippen molar-refractivity contribution in [2.75, 3.05) is 0 Å². The number of fused-ring (bicyclic) bond motifs is 1. The second kappa shape index (κ2) is 2.36. The van der Waals surface area contributed by atoms with Gasteiger partial charge in [0.1, 0.15) is 6.73 Å². The second-order valence-electron chi connectivity index (χ2n) is 2.34. The number of aliphatic hydroxyl groups excluding tert-OH is 1. The Morgan fingerprint density at radius 2 is 2.18 bits per heavy atom. The van der Waals surface area contributed by atoms with Gasteiger partial charge in [0.15, 0.2) is 0 Å². The first-order valence-corrected chi connectivity index (χ1v) is 3.43. The molecule has 1 heterocycles. The molecule has 3 nitrogen and oxygen atoms in total. The van der Waals surface area contributed by atoms with Crippen LogP contribution in [-0.4, -0.2) is 14.9 Å². The molecule has 11 heavy (non-hydrogen) atoms. The van der Waals surface area contributed by atoms with E-state index in [2.05, 4.69) is 5.10 Å². The minimum absolute atomic E-state index is 0.0620. The minimum atomic E-state index is -0.0620. The van der Waals surface area contributed by atoms with Crippen molar-refractivity contribution in [2.45, 2.75) is 6.73 Å². The molecule has 2 aromatic rings. The van der Waals surface area contributed by atoms with Crippen molar-refractivity contribution in [1.82, 2.24) is 9.78 Å². The number of para-hydroxylation sites is 1. The Morgan fingerprint density at radius 3 is 3.00 bits per heavy atom. The third-order valence-electron chi connectivity index (χ3n) is 1.68. The van der Waals surface area contributed by atoms with E-state index in [4.69, 9.17) is 5.11 Å². The number of benzene rings is 1. The first-order valence-electron chi connectivity index (χ1n) is 3.43. The van der Waals surface area contributed by atoms with Crippen LogP contribution in [0.15, 0.2) is 30.5 Å². The number of hydrogen-bond donors (Lipinski definition) is 1. The number of rotatable bonds is 1. The van der Waals surface area contributed by atoms with Crippen LogP contribution in [0.1, 0.15) is 0 Å². The molecule has 2 rings (SSSR count). The molecule has 1 aromatic heterocycles. The van der Waals surface area contributed by atoms with Gasteiger partial charge in [0.25, 0.3) is 0 Å². The quantitative estimate of drug-likeness (QED) is 0.654. The molecule has 3 heteroatoms. The van der Waals surface area contributed by atoms with Crippen molar-refractivity contribution in [2.24, 2.45) is 0 Å². The lowest BCUT2D eigenvalue weighted by Crippen LogP contribution is -1.97. The van der Waals surface area contributed by atoms with Gasteiger partial charge in [0, 0.05) is 5.39 Å². The lowest BCUT2D eigenvalue weighted by atomic mass is 10.3. The van der Waals surface area contributed by atoms with Crippen LogP contribution in [-0.2, 0) is 6.73 Å². The summed E-state index contributed by atoms with van der Waals surface area (Å²) < 4.78 is 1.55. The van der Waals surface area contributed by atoms with Crippen LogP contribution in [0.25, 0.3) is 10.9 Å². The first kappa shape index (κ1) is 6.37. The molecule has 0 radical (unpaired) electrons. The van der Waals surface area contributed by atoms with Gasteiger partial charge in [-0.2, -0.15) is 5.10 Å². The molecular weight excluding hydrogens is 140 g/mol. The number of aliphatic hydroxyl groups is 1. The summed E-state index contributed by atoms with van der Waals surface area (Å²) in [6.45, 7) is -0.0620. The van der Waals surface area contributed by atoms with Gasteiger partial charge in [-0.05, 0) is 6.07 Å². The molecule has 0 aliphatic rings. The van der Waals surface area contributed by atoms with Crippen LogP contribution < -0.4 is 0 Å². The molecule has 0 aliphatic heterocycles. The highest BCUT2D eigenvalue weighted by atomic mass is 16.3. The maximum Gasteiger partial charge on any atom is 0.136 e. The van der Waals surface area contributed by atoms with E-state index >= 15 is 0 Å². The largest absolute Gasteiger partial charge is 0.374 e. The maximum absolute atomic E-state index is 8.82. The summed E-state index contributed by atoms with van der Waals surface area (Å²) in [5.41, 5.74) is 0.968. The molecular formula is C8H8N2O. The van der Waals surface area contributed by atoms with Crippen LogP contribution in [0.2, 0.25) is 0 Å². The van der Waals surface area contributed by atoms with Crippen molar-refractivity contribution in [1.29, 1.82) is 0 Å². The highest BCUT2D eigenvalue weighted by Crippen LogP contribution is 2.11. The third kappa shape index (κ3) is 0.897. The second-order valence-corrected chi connectivity index (χ2v) is 2.34. The monoisotopic (exact) mass is 148 g/mol. The van der Waals surface area contributed by atoms with E-state index in [9.17, 15) is 0 Å². The van der Waals surface area contributed by atoms with Crippen molar-refractivity contribution in [3.8, 4) is 0 Å². The SMILES string of the molecule is OCn1ncc2ccccc21.